The smallest absolute Gasteiger partial charge is 0.416 e. The number of amides is 1. The van der Waals surface area contributed by atoms with E-state index in [1.165, 1.54) is 18.9 Å². The molecule has 1 N–H and O–H groups in total. The van der Waals surface area contributed by atoms with Crippen LogP contribution in [0.5, 0.6) is 11.5 Å². The van der Waals surface area contributed by atoms with Crippen molar-refractivity contribution >= 4 is 11.6 Å². The van der Waals surface area contributed by atoms with Gasteiger partial charge in [0.1, 0.15) is 18.1 Å². The number of nitrogens with one attached hydrogen (secondary N) is 1. The molecule has 1 aromatic heterocycles. The molecule has 32 heavy (non-hydrogen) atoms. The third kappa shape index (κ3) is 5.17. The minimum absolute atomic E-state index is 0.0481. The molecule has 11 heteroatoms. The molecule has 0 aliphatic carbocycles. The van der Waals surface area contributed by atoms with E-state index in [1.807, 2.05) is 0 Å². The number of methoxy groups -OCH3 is 2. The Morgan fingerprint density at radius 3 is 2.59 bits per heavy atom. The first kappa shape index (κ1) is 23.1. The van der Waals surface area contributed by atoms with Gasteiger partial charge in [-0.15, -0.1) is 5.10 Å². The highest BCUT2D eigenvalue weighted by Crippen LogP contribution is 2.35. The number of alkyl halides is 3. The molecule has 8 nitrogen and oxygen atoms in total. The summed E-state index contributed by atoms with van der Waals surface area (Å²) in [6.07, 6.45) is -4.59. The zero-order chi connectivity index (χ0) is 23.3. The molecule has 0 saturated heterocycles. The van der Waals surface area contributed by atoms with E-state index in [0.717, 1.165) is 18.2 Å². The average Bonchev–Trinajstić information content (AvgIpc) is 3.15. The van der Waals surface area contributed by atoms with Gasteiger partial charge in [-0.1, -0.05) is 11.3 Å². The van der Waals surface area contributed by atoms with Crippen LogP contribution >= 0.6 is 0 Å². The van der Waals surface area contributed by atoms with Crippen LogP contribution in [0.3, 0.4) is 0 Å². The normalized spacial score (nSPS) is 11.3. The first-order valence-corrected chi connectivity index (χ1v) is 9.45. The molecule has 1 heterocycles. The Morgan fingerprint density at radius 1 is 1.12 bits per heavy atom. The van der Waals surface area contributed by atoms with Crippen molar-refractivity contribution in [1.82, 2.24) is 15.0 Å². The molecule has 3 rings (SSSR count). The summed E-state index contributed by atoms with van der Waals surface area (Å²) in [5.41, 5.74) is -0.117. The molecule has 0 saturated carbocycles. The summed E-state index contributed by atoms with van der Waals surface area (Å²) >= 11 is 0. The highest BCUT2D eigenvalue weighted by molar-refractivity contribution is 6.04. The van der Waals surface area contributed by atoms with Crippen LogP contribution in [0.1, 0.15) is 21.7 Å². The van der Waals surface area contributed by atoms with E-state index in [4.69, 9.17) is 14.2 Å². The number of benzene rings is 2. The van der Waals surface area contributed by atoms with Crippen molar-refractivity contribution in [2.24, 2.45) is 0 Å². The van der Waals surface area contributed by atoms with Gasteiger partial charge >= 0.3 is 6.18 Å². The summed E-state index contributed by atoms with van der Waals surface area (Å²) in [5, 5.41) is 10.3. The van der Waals surface area contributed by atoms with Crippen LogP contribution in [0.25, 0.3) is 5.69 Å². The summed E-state index contributed by atoms with van der Waals surface area (Å²) in [6.45, 7) is 1.94. The molecule has 0 bridgehead atoms. The predicted molar refractivity (Wildman–Crippen MR) is 109 cm³/mol. The third-order valence-electron chi connectivity index (χ3n) is 4.51. The Morgan fingerprint density at radius 2 is 1.91 bits per heavy atom. The van der Waals surface area contributed by atoms with Crippen molar-refractivity contribution in [2.75, 3.05) is 32.8 Å². The largest absolute Gasteiger partial charge is 0.497 e. The van der Waals surface area contributed by atoms with Crippen LogP contribution in [-0.4, -0.2) is 48.3 Å². The number of carbonyl (C=O) groups is 1. The van der Waals surface area contributed by atoms with Crippen LogP contribution in [0.4, 0.5) is 18.9 Å². The second kappa shape index (κ2) is 9.69. The zero-order valence-corrected chi connectivity index (χ0v) is 17.6. The van der Waals surface area contributed by atoms with E-state index in [1.54, 1.807) is 31.2 Å². The molecule has 0 unspecified atom stereocenters. The van der Waals surface area contributed by atoms with Crippen LogP contribution in [0.2, 0.25) is 0 Å². The maximum Gasteiger partial charge on any atom is 0.416 e. The van der Waals surface area contributed by atoms with Crippen LogP contribution in [0, 0.1) is 6.92 Å². The van der Waals surface area contributed by atoms with Gasteiger partial charge in [0.25, 0.3) is 5.91 Å². The Kier molecular flexibility index (Phi) is 6.98. The minimum atomic E-state index is -4.59. The molecule has 0 aliphatic rings. The molecule has 0 aliphatic heterocycles. The highest BCUT2D eigenvalue weighted by atomic mass is 19.4. The second-order valence-corrected chi connectivity index (χ2v) is 6.64. The molecular formula is C21H21F3N4O4. The summed E-state index contributed by atoms with van der Waals surface area (Å²) in [6, 6.07) is 9.79. The van der Waals surface area contributed by atoms with Crippen molar-refractivity contribution in [3.8, 4) is 17.2 Å². The van der Waals surface area contributed by atoms with E-state index in [-0.39, 0.29) is 30.3 Å². The fourth-order valence-corrected chi connectivity index (χ4v) is 2.87. The van der Waals surface area contributed by atoms with Crippen molar-refractivity contribution in [3.05, 3.63) is 59.4 Å². The number of ether oxygens (including phenoxy) is 3. The standard InChI is InChI=1S/C21H21F3N4O4/c1-13-19(26-27-28(13)15-5-4-6-16(12-15)31-3)20(29)25-17-11-14(21(22,23)24)7-8-18(17)32-10-9-30-2/h4-8,11-12H,9-10H2,1-3H3,(H,25,29). The SMILES string of the molecule is COCCOc1ccc(C(F)(F)F)cc1NC(=O)c1nnn(-c2cccc(OC)c2)c1C. The number of halogens is 3. The first-order valence-electron chi connectivity index (χ1n) is 9.45. The van der Waals surface area contributed by atoms with Gasteiger partial charge in [0.15, 0.2) is 5.69 Å². The van der Waals surface area contributed by atoms with Gasteiger partial charge in [-0.25, -0.2) is 4.68 Å². The quantitative estimate of drug-likeness (QED) is 0.524. The summed E-state index contributed by atoms with van der Waals surface area (Å²) in [4.78, 5) is 12.8. The molecular weight excluding hydrogens is 429 g/mol. The molecule has 1 amide bonds. The molecule has 170 valence electrons. The van der Waals surface area contributed by atoms with E-state index in [2.05, 4.69) is 15.6 Å². The molecule has 0 fully saturated rings. The van der Waals surface area contributed by atoms with Crippen LogP contribution in [0.15, 0.2) is 42.5 Å². The van der Waals surface area contributed by atoms with E-state index in [9.17, 15) is 18.0 Å². The monoisotopic (exact) mass is 450 g/mol. The summed E-state index contributed by atoms with van der Waals surface area (Å²) in [5.74, 6) is -0.0704. The van der Waals surface area contributed by atoms with Gasteiger partial charge in [-0.3, -0.25) is 4.79 Å². The van der Waals surface area contributed by atoms with Crippen molar-refractivity contribution in [2.45, 2.75) is 13.1 Å². The zero-order valence-electron chi connectivity index (χ0n) is 17.6. The van der Waals surface area contributed by atoms with Crippen molar-refractivity contribution < 1.29 is 32.2 Å². The lowest BCUT2D eigenvalue weighted by atomic mass is 10.1. The van der Waals surface area contributed by atoms with Gasteiger partial charge in [0, 0.05) is 13.2 Å². The molecule has 3 aromatic rings. The lowest BCUT2D eigenvalue weighted by Gasteiger charge is -2.15. The fraction of sp³-hybridized carbons (Fsp3) is 0.286. The number of anilines is 1. The van der Waals surface area contributed by atoms with Crippen LogP contribution in [-0.2, 0) is 10.9 Å². The van der Waals surface area contributed by atoms with Gasteiger partial charge < -0.3 is 19.5 Å². The Balaban J connectivity index is 1.90. The molecule has 0 spiro atoms. The topological polar surface area (TPSA) is 87.5 Å². The summed E-state index contributed by atoms with van der Waals surface area (Å²) in [7, 11) is 2.99. The number of hydrogen-bond acceptors (Lipinski definition) is 6. The van der Waals surface area contributed by atoms with Crippen molar-refractivity contribution in [3.63, 3.8) is 0 Å². The first-order chi connectivity index (χ1) is 15.2. The minimum Gasteiger partial charge on any atom is -0.497 e. The number of carbonyl (C=O) groups excluding carboxylic acids is 1. The van der Waals surface area contributed by atoms with Gasteiger partial charge in [-0.2, -0.15) is 13.2 Å². The molecule has 0 radical (unpaired) electrons. The van der Waals surface area contributed by atoms with Crippen LogP contribution < -0.4 is 14.8 Å². The maximum atomic E-state index is 13.2. The highest BCUT2D eigenvalue weighted by Gasteiger charge is 2.31. The second-order valence-electron chi connectivity index (χ2n) is 6.64. The number of hydrogen-bond donors (Lipinski definition) is 1. The van der Waals surface area contributed by atoms with Gasteiger partial charge in [-0.05, 0) is 37.3 Å². The lowest BCUT2D eigenvalue weighted by molar-refractivity contribution is -0.137. The number of rotatable bonds is 8. The van der Waals surface area contributed by atoms with Gasteiger partial charge in [0.05, 0.1) is 36.3 Å². The fourth-order valence-electron chi connectivity index (χ4n) is 2.87. The number of nitrogens with zero attached hydrogens (tertiary/aromatic N) is 3. The van der Waals surface area contributed by atoms with Crippen molar-refractivity contribution in [1.29, 1.82) is 0 Å². The van der Waals surface area contributed by atoms with Gasteiger partial charge in [0.2, 0.25) is 0 Å². The Hall–Kier alpha value is -3.60. The third-order valence-corrected chi connectivity index (χ3v) is 4.51. The Bertz CT molecular complexity index is 1100. The number of aromatic nitrogens is 3. The Labute approximate surface area is 181 Å². The predicted octanol–water partition coefficient (Wildman–Crippen LogP) is 3.88. The lowest BCUT2D eigenvalue weighted by Crippen LogP contribution is -2.17. The van der Waals surface area contributed by atoms with E-state index >= 15 is 0 Å². The maximum absolute atomic E-state index is 13.2. The molecule has 2 aromatic carbocycles. The summed E-state index contributed by atoms with van der Waals surface area (Å²) < 4.78 is 56.5. The molecule has 0 atom stereocenters. The van der Waals surface area contributed by atoms with E-state index in [0.29, 0.717) is 17.1 Å². The van der Waals surface area contributed by atoms with E-state index < -0.39 is 17.6 Å². The average molecular weight is 450 g/mol.